The number of hydrogen-bond donors (Lipinski definition) is 0. The van der Waals surface area contributed by atoms with Crippen LogP contribution in [-0.4, -0.2) is 32.4 Å². The van der Waals surface area contributed by atoms with E-state index < -0.39 is 5.97 Å². The summed E-state index contributed by atoms with van der Waals surface area (Å²) >= 11 is 0. The Morgan fingerprint density at radius 3 is 2.67 bits per heavy atom. The van der Waals surface area contributed by atoms with Crippen molar-refractivity contribution in [1.29, 1.82) is 5.26 Å². The first-order chi connectivity index (χ1) is 10.1. The molecule has 0 heterocycles. The van der Waals surface area contributed by atoms with Crippen LogP contribution in [0.5, 0.6) is 5.75 Å². The van der Waals surface area contributed by atoms with E-state index in [9.17, 15) is 4.79 Å². The third kappa shape index (κ3) is 5.67. The van der Waals surface area contributed by atoms with E-state index in [1.807, 2.05) is 32.0 Å². The molecular weight excluding hydrogens is 270 g/mol. The molecule has 21 heavy (non-hydrogen) atoms. The second-order valence-corrected chi connectivity index (χ2v) is 4.50. The van der Waals surface area contributed by atoms with E-state index in [0.29, 0.717) is 11.3 Å². The maximum absolute atomic E-state index is 11.8. The molecule has 1 rings (SSSR count). The topological polar surface area (TPSA) is 68.5 Å². The summed E-state index contributed by atoms with van der Waals surface area (Å²) in [5, 5.41) is 9.10. The lowest BCUT2D eigenvalue weighted by Crippen LogP contribution is -2.11. The fraction of sp³-hybridized carbons (Fsp3) is 0.375. The van der Waals surface area contributed by atoms with Gasteiger partial charge in [0.1, 0.15) is 24.0 Å². The summed E-state index contributed by atoms with van der Waals surface area (Å²) in [6, 6.07) is 9.05. The van der Waals surface area contributed by atoms with E-state index in [1.165, 1.54) is 13.2 Å². The number of carbonyl (C=O) groups excluding carboxylic acids is 1. The van der Waals surface area contributed by atoms with Gasteiger partial charge < -0.3 is 14.2 Å². The van der Waals surface area contributed by atoms with Crippen LogP contribution in [0.2, 0.25) is 0 Å². The summed E-state index contributed by atoms with van der Waals surface area (Å²) in [7, 11) is 1.51. The zero-order chi connectivity index (χ0) is 15.7. The van der Waals surface area contributed by atoms with Crippen LogP contribution in [0.4, 0.5) is 0 Å². The normalized spacial score (nSPS) is 11.1. The predicted octanol–water partition coefficient (Wildman–Crippen LogP) is 2.57. The smallest absolute Gasteiger partial charge is 0.348 e. The Bertz CT molecular complexity index is 543. The Kier molecular flexibility index (Phi) is 6.99. The monoisotopic (exact) mass is 289 g/mol. The summed E-state index contributed by atoms with van der Waals surface area (Å²) in [4.78, 5) is 11.8. The Hall–Kier alpha value is -2.32. The summed E-state index contributed by atoms with van der Waals surface area (Å²) in [6.07, 6.45) is 1.46. The van der Waals surface area contributed by atoms with Crippen molar-refractivity contribution in [3.63, 3.8) is 0 Å². The van der Waals surface area contributed by atoms with Gasteiger partial charge in [0.05, 0.1) is 12.7 Å². The van der Waals surface area contributed by atoms with Gasteiger partial charge >= 0.3 is 5.97 Å². The molecule has 0 bridgehead atoms. The van der Waals surface area contributed by atoms with Gasteiger partial charge in [-0.1, -0.05) is 18.2 Å². The van der Waals surface area contributed by atoms with Gasteiger partial charge in [-0.15, -0.1) is 0 Å². The van der Waals surface area contributed by atoms with Gasteiger partial charge in [0.25, 0.3) is 0 Å². The van der Waals surface area contributed by atoms with Crippen molar-refractivity contribution in [2.24, 2.45) is 0 Å². The summed E-state index contributed by atoms with van der Waals surface area (Å²) in [5.74, 6) is -0.0566. The van der Waals surface area contributed by atoms with Crippen LogP contribution in [0, 0.1) is 11.3 Å². The van der Waals surface area contributed by atoms with E-state index in [-0.39, 0.29) is 24.9 Å². The number of methoxy groups -OCH3 is 1. The fourth-order valence-electron chi connectivity index (χ4n) is 1.55. The highest BCUT2D eigenvalue weighted by atomic mass is 16.6. The van der Waals surface area contributed by atoms with Crippen LogP contribution in [0.15, 0.2) is 29.8 Å². The number of ether oxygens (including phenoxy) is 3. The molecule has 0 spiro atoms. The first-order valence-electron chi connectivity index (χ1n) is 6.62. The lowest BCUT2D eigenvalue weighted by atomic mass is 10.1. The molecule has 0 aliphatic carbocycles. The van der Waals surface area contributed by atoms with Crippen molar-refractivity contribution in [1.82, 2.24) is 0 Å². The highest BCUT2D eigenvalue weighted by Gasteiger charge is 2.12. The summed E-state index contributed by atoms with van der Waals surface area (Å²) in [5.41, 5.74) is 0.581. The molecule has 0 saturated heterocycles. The van der Waals surface area contributed by atoms with Crippen molar-refractivity contribution >= 4 is 12.0 Å². The number of hydrogen-bond acceptors (Lipinski definition) is 5. The first kappa shape index (κ1) is 16.7. The van der Waals surface area contributed by atoms with E-state index >= 15 is 0 Å². The van der Waals surface area contributed by atoms with Gasteiger partial charge in [-0.25, -0.2) is 4.79 Å². The second kappa shape index (κ2) is 8.77. The quantitative estimate of drug-likeness (QED) is 0.334. The van der Waals surface area contributed by atoms with Gasteiger partial charge in [-0.05, 0) is 26.0 Å². The van der Waals surface area contributed by atoms with Crippen LogP contribution in [0.25, 0.3) is 6.08 Å². The lowest BCUT2D eigenvalue weighted by Gasteiger charge is -2.12. The molecule has 5 nitrogen and oxygen atoms in total. The Morgan fingerprint density at radius 2 is 2.05 bits per heavy atom. The summed E-state index contributed by atoms with van der Waals surface area (Å²) < 4.78 is 15.4. The van der Waals surface area contributed by atoms with Crippen molar-refractivity contribution < 1.29 is 19.0 Å². The third-order valence-electron chi connectivity index (χ3n) is 2.44. The summed E-state index contributed by atoms with van der Waals surface area (Å²) in [6.45, 7) is 4.21. The van der Waals surface area contributed by atoms with Crippen molar-refractivity contribution in [2.45, 2.75) is 20.0 Å². The molecule has 0 N–H and O–H groups in total. The molecule has 0 aromatic heterocycles. The average Bonchev–Trinajstić information content (AvgIpc) is 2.45. The van der Waals surface area contributed by atoms with Crippen LogP contribution in [0.3, 0.4) is 0 Å². The highest BCUT2D eigenvalue weighted by Crippen LogP contribution is 2.22. The number of carbonyl (C=O) groups is 1. The zero-order valence-corrected chi connectivity index (χ0v) is 12.5. The molecule has 1 aromatic rings. The van der Waals surface area contributed by atoms with E-state index in [1.54, 1.807) is 12.1 Å². The molecule has 0 saturated carbocycles. The predicted molar refractivity (Wildman–Crippen MR) is 78.6 cm³/mol. The molecule has 0 aliphatic heterocycles. The van der Waals surface area contributed by atoms with E-state index in [4.69, 9.17) is 19.5 Å². The van der Waals surface area contributed by atoms with Gasteiger partial charge in [0.2, 0.25) is 0 Å². The van der Waals surface area contributed by atoms with Crippen LogP contribution >= 0.6 is 0 Å². The Balaban J connectivity index is 2.93. The minimum absolute atomic E-state index is 0.00117. The number of para-hydroxylation sites is 1. The SMILES string of the molecule is COCCOC(=O)/C(C#N)=C\c1ccccc1OC(C)C. The lowest BCUT2D eigenvalue weighted by molar-refractivity contribution is -0.139. The third-order valence-corrected chi connectivity index (χ3v) is 2.44. The zero-order valence-electron chi connectivity index (χ0n) is 12.5. The number of rotatable bonds is 7. The highest BCUT2D eigenvalue weighted by molar-refractivity contribution is 5.98. The van der Waals surface area contributed by atoms with E-state index in [0.717, 1.165) is 0 Å². The fourth-order valence-corrected chi connectivity index (χ4v) is 1.55. The maximum atomic E-state index is 11.8. The molecule has 0 radical (unpaired) electrons. The molecule has 0 fully saturated rings. The molecule has 0 aliphatic rings. The number of nitriles is 1. The van der Waals surface area contributed by atoms with Crippen LogP contribution < -0.4 is 4.74 Å². The van der Waals surface area contributed by atoms with Gasteiger partial charge in [0.15, 0.2) is 0 Å². The number of benzene rings is 1. The van der Waals surface area contributed by atoms with Gasteiger partial charge in [0, 0.05) is 12.7 Å². The molecule has 1 aromatic carbocycles. The molecule has 0 atom stereocenters. The first-order valence-corrected chi connectivity index (χ1v) is 6.62. The number of nitrogens with zero attached hydrogens (tertiary/aromatic N) is 1. The van der Waals surface area contributed by atoms with Crippen molar-refractivity contribution in [3.05, 3.63) is 35.4 Å². The minimum atomic E-state index is -0.672. The van der Waals surface area contributed by atoms with Crippen molar-refractivity contribution in [3.8, 4) is 11.8 Å². The average molecular weight is 289 g/mol. The molecule has 5 heteroatoms. The van der Waals surface area contributed by atoms with Crippen LogP contribution in [-0.2, 0) is 14.3 Å². The molecule has 0 amide bonds. The van der Waals surface area contributed by atoms with Gasteiger partial charge in [-0.2, -0.15) is 5.26 Å². The Morgan fingerprint density at radius 1 is 1.33 bits per heavy atom. The number of esters is 1. The largest absolute Gasteiger partial charge is 0.490 e. The van der Waals surface area contributed by atoms with Gasteiger partial charge in [-0.3, -0.25) is 0 Å². The van der Waals surface area contributed by atoms with Crippen molar-refractivity contribution in [2.75, 3.05) is 20.3 Å². The standard InChI is InChI=1S/C16H19NO4/c1-12(2)21-15-7-5-4-6-13(15)10-14(11-17)16(18)20-9-8-19-3/h4-7,10,12H,8-9H2,1-3H3/b14-10-. The molecular formula is C16H19NO4. The maximum Gasteiger partial charge on any atom is 0.348 e. The minimum Gasteiger partial charge on any atom is -0.490 e. The second-order valence-electron chi connectivity index (χ2n) is 4.50. The molecule has 0 unspecified atom stereocenters. The Labute approximate surface area is 124 Å². The van der Waals surface area contributed by atoms with Crippen LogP contribution in [0.1, 0.15) is 19.4 Å². The molecule has 112 valence electrons. The van der Waals surface area contributed by atoms with E-state index in [2.05, 4.69) is 0 Å².